The van der Waals surface area contributed by atoms with Crippen LogP contribution in [0, 0.1) is 0 Å². The Hall–Kier alpha value is -2.62. The molecule has 0 spiro atoms. The summed E-state index contributed by atoms with van der Waals surface area (Å²) in [6.07, 6.45) is 0.683. The molecule has 1 aliphatic rings. The van der Waals surface area contributed by atoms with E-state index in [-0.39, 0.29) is 5.91 Å². The fourth-order valence-corrected chi connectivity index (χ4v) is 2.53. The maximum Gasteiger partial charge on any atom is 0.259 e. The van der Waals surface area contributed by atoms with E-state index < -0.39 is 0 Å². The number of nitrogens with zero attached hydrogens (tertiary/aromatic N) is 2. The predicted octanol–water partition coefficient (Wildman–Crippen LogP) is 2.79. The number of aliphatic imine (C=N–C) groups is 1. The molecule has 0 unspecified atom stereocenters. The normalized spacial score (nSPS) is 13.9. The lowest BCUT2D eigenvalue weighted by Gasteiger charge is -2.18. The molecule has 0 N–H and O–H groups in total. The number of ether oxygens (including phenoxy) is 1. The smallest absolute Gasteiger partial charge is 0.259 e. The Kier molecular flexibility index (Phi) is 4.19. The van der Waals surface area contributed by atoms with Crippen molar-refractivity contribution in [3.05, 3.63) is 65.7 Å². The summed E-state index contributed by atoms with van der Waals surface area (Å²) in [5.41, 5.74) is 1.82. The number of carbonyl (C=O) groups is 1. The Balaban J connectivity index is 1.75. The minimum Gasteiger partial charge on any atom is -0.497 e. The van der Waals surface area contributed by atoms with E-state index >= 15 is 0 Å². The molecule has 1 aliphatic heterocycles. The lowest BCUT2D eigenvalue weighted by molar-refractivity contribution is 0.0856. The van der Waals surface area contributed by atoms with Crippen LogP contribution in [-0.4, -0.2) is 36.8 Å². The average molecular weight is 294 g/mol. The van der Waals surface area contributed by atoms with Crippen LogP contribution in [0.15, 0.2) is 59.6 Å². The molecular weight excluding hydrogens is 276 g/mol. The molecule has 4 heteroatoms. The van der Waals surface area contributed by atoms with Gasteiger partial charge in [0, 0.05) is 18.5 Å². The van der Waals surface area contributed by atoms with E-state index in [1.54, 1.807) is 36.3 Å². The van der Waals surface area contributed by atoms with Gasteiger partial charge in [-0.15, -0.1) is 0 Å². The zero-order valence-electron chi connectivity index (χ0n) is 12.5. The van der Waals surface area contributed by atoms with Crippen molar-refractivity contribution in [2.45, 2.75) is 6.42 Å². The van der Waals surface area contributed by atoms with Gasteiger partial charge in [-0.1, -0.05) is 30.3 Å². The zero-order chi connectivity index (χ0) is 15.4. The van der Waals surface area contributed by atoms with Crippen molar-refractivity contribution >= 4 is 11.7 Å². The summed E-state index contributed by atoms with van der Waals surface area (Å²) in [6, 6.07) is 17.3. The number of methoxy groups -OCH3 is 1. The first-order valence-corrected chi connectivity index (χ1v) is 7.31. The predicted molar refractivity (Wildman–Crippen MR) is 86.5 cm³/mol. The van der Waals surface area contributed by atoms with Crippen LogP contribution >= 0.6 is 0 Å². The first-order chi connectivity index (χ1) is 10.8. The number of rotatable bonds is 4. The molecule has 4 nitrogen and oxygen atoms in total. The van der Waals surface area contributed by atoms with Gasteiger partial charge in [-0.3, -0.25) is 14.7 Å². The first-order valence-electron chi connectivity index (χ1n) is 7.31. The molecule has 0 aromatic heterocycles. The molecule has 0 radical (unpaired) electrons. The van der Waals surface area contributed by atoms with Crippen LogP contribution in [0.2, 0.25) is 0 Å². The number of hydrogen-bond acceptors (Lipinski definition) is 3. The van der Waals surface area contributed by atoms with Gasteiger partial charge in [-0.2, -0.15) is 0 Å². The van der Waals surface area contributed by atoms with Gasteiger partial charge < -0.3 is 4.74 Å². The van der Waals surface area contributed by atoms with Crippen LogP contribution in [-0.2, 0) is 6.42 Å². The van der Waals surface area contributed by atoms with Crippen molar-refractivity contribution in [3.8, 4) is 5.75 Å². The monoisotopic (exact) mass is 294 g/mol. The van der Waals surface area contributed by atoms with Crippen LogP contribution < -0.4 is 4.74 Å². The SMILES string of the molecule is COc1ccc(C(=O)N2CCN=C2Cc2ccccc2)cc1. The number of carbonyl (C=O) groups excluding carboxylic acids is 1. The summed E-state index contributed by atoms with van der Waals surface area (Å²) in [7, 11) is 1.61. The molecule has 0 fully saturated rings. The Morgan fingerprint density at radius 3 is 2.55 bits per heavy atom. The van der Waals surface area contributed by atoms with E-state index in [0.29, 0.717) is 25.1 Å². The Labute approximate surface area is 130 Å². The quantitative estimate of drug-likeness (QED) is 0.870. The molecule has 0 aliphatic carbocycles. The molecule has 0 atom stereocenters. The van der Waals surface area contributed by atoms with E-state index in [9.17, 15) is 4.79 Å². The van der Waals surface area contributed by atoms with Crippen molar-refractivity contribution in [2.75, 3.05) is 20.2 Å². The average Bonchev–Trinajstić information content (AvgIpc) is 3.03. The van der Waals surface area contributed by atoms with Gasteiger partial charge in [-0.25, -0.2) is 0 Å². The third-order valence-electron chi connectivity index (χ3n) is 3.72. The Bertz CT molecular complexity index is 678. The van der Waals surface area contributed by atoms with Gasteiger partial charge in [-0.05, 0) is 29.8 Å². The third-order valence-corrected chi connectivity index (χ3v) is 3.72. The summed E-state index contributed by atoms with van der Waals surface area (Å²) in [5.74, 6) is 1.58. The molecule has 3 rings (SSSR count). The van der Waals surface area contributed by atoms with Crippen molar-refractivity contribution in [3.63, 3.8) is 0 Å². The molecule has 0 saturated heterocycles. The summed E-state index contributed by atoms with van der Waals surface area (Å²) < 4.78 is 5.13. The first kappa shape index (κ1) is 14.3. The largest absolute Gasteiger partial charge is 0.497 e. The maximum atomic E-state index is 12.7. The number of amides is 1. The van der Waals surface area contributed by atoms with Gasteiger partial charge in [0.15, 0.2) is 0 Å². The zero-order valence-corrected chi connectivity index (χ0v) is 12.5. The molecule has 0 saturated carbocycles. The van der Waals surface area contributed by atoms with Crippen LogP contribution in [0.5, 0.6) is 5.75 Å². The highest BCUT2D eigenvalue weighted by Gasteiger charge is 2.24. The van der Waals surface area contributed by atoms with Crippen LogP contribution in [0.25, 0.3) is 0 Å². The molecule has 1 heterocycles. The fourth-order valence-electron chi connectivity index (χ4n) is 2.53. The number of hydrogen-bond donors (Lipinski definition) is 0. The molecular formula is C18H18N2O2. The highest BCUT2D eigenvalue weighted by Crippen LogP contribution is 2.16. The topological polar surface area (TPSA) is 41.9 Å². The van der Waals surface area contributed by atoms with E-state index in [2.05, 4.69) is 17.1 Å². The minimum atomic E-state index is -0.00478. The van der Waals surface area contributed by atoms with Crippen molar-refractivity contribution in [1.82, 2.24) is 4.90 Å². The minimum absolute atomic E-state index is 0.00478. The van der Waals surface area contributed by atoms with Gasteiger partial charge in [0.25, 0.3) is 5.91 Å². The highest BCUT2D eigenvalue weighted by atomic mass is 16.5. The Morgan fingerprint density at radius 2 is 1.86 bits per heavy atom. The lowest BCUT2D eigenvalue weighted by atomic mass is 10.1. The van der Waals surface area contributed by atoms with Crippen molar-refractivity contribution < 1.29 is 9.53 Å². The molecule has 22 heavy (non-hydrogen) atoms. The molecule has 0 bridgehead atoms. The van der Waals surface area contributed by atoms with Crippen LogP contribution in [0.1, 0.15) is 15.9 Å². The molecule has 2 aromatic carbocycles. The second-order valence-electron chi connectivity index (χ2n) is 5.15. The molecule has 112 valence electrons. The molecule has 2 aromatic rings. The maximum absolute atomic E-state index is 12.7. The summed E-state index contributed by atoms with van der Waals surface area (Å²) in [6.45, 7) is 1.32. The standard InChI is InChI=1S/C18H18N2O2/c1-22-16-9-7-15(8-10-16)18(21)20-12-11-19-17(20)13-14-5-3-2-4-6-14/h2-10H,11-13H2,1H3. The second-order valence-corrected chi connectivity index (χ2v) is 5.15. The second kappa shape index (κ2) is 6.43. The third kappa shape index (κ3) is 3.01. The van der Waals surface area contributed by atoms with Gasteiger partial charge in [0.1, 0.15) is 11.6 Å². The Morgan fingerprint density at radius 1 is 1.14 bits per heavy atom. The number of amidine groups is 1. The fraction of sp³-hybridized carbons (Fsp3) is 0.222. The van der Waals surface area contributed by atoms with E-state index in [1.165, 1.54) is 0 Å². The van der Waals surface area contributed by atoms with Crippen LogP contribution in [0.3, 0.4) is 0 Å². The van der Waals surface area contributed by atoms with Crippen molar-refractivity contribution in [1.29, 1.82) is 0 Å². The summed E-state index contributed by atoms with van der Waals surface area (Å²) in [5, 5.41) is 0. The number of benzene rings is 2. The lowest BCUT2D eigenvalue weighted by Crippen LogP contribution is -2.35. The highest BCUT2D eigenvalue weighted by molar-refractivity contribution is 6.07. The van der Waals surface area contributed by atoms with Gasteiger partial charge >= 0.3 is 0 Å². The van der Waals surface area contributed by atoms with Gasteiger partial charge in [0.05, 0.1) is 13.7 Å². The molecule has 1 amide bonds. The van der Waals surface area contributed by atoms with E-state index in [0.717, 1.165) is 17.1 Å². The van der Waals surface area contributed by atoms with Gasteiger partial charge in [0.2, 0.25) is 0 Å². The van der Waals surface area contributed by atoms with E-state index in [4.69, 9.17) is 4.74 Å². The van der Waals surface area contributed by atoms with E-state index in [1.807, 2.05) is 18.2 Å². The summed E-state index contributed by atoms with van der Waals surface area (Å²) >= 11 is 0. The van der Waals surface area contributed by atoms with Crippen molar-refractivity contribution in [2.24, 2.45) is 4.99 Å². The summed E-state index contributed by atoms with van der Waals surface area (Å²) in [4.78, 5) is 18.9. The van der Waals surface area contributed by atoms with Crippen LogP contribution in [0.4, 0.5) is 0 Å².